The lowest BCUT2D eigenvalue weighted by molar-refractivity contribution is -0.385. The summed E-state index contributed by atoms with van der Waals surface area (Å²) in [5.41, 5.74) is 0.142. The second-order valence-electron chi connectivity index (χ2n) is 6.16. The number of esters is 1. The summed E-state index contributed by atoms with van der Waals surface area (Å²) < 4.78 is 4.95. The van der Waals surface area contributed by atoms with Gasteiger partial charge in [0.25, 0.3) is 11.6 Å². The van der Waals surface area contributed by atoms with E-state index in [4.69, 9.17) is 4.74 Å². The molecule has 0 bridgehead atoms. The maximum Gasteiger partial charge on any atom is 0.311 e. The van der Waals surface area contributed by atoms with E-state index >= 15 is 0 Å². The van der Waals surface area contributed by atoms with Gasteiger partial charge in [-0.2, -0.15) is 0 Å². The SMILES string of the molecule is C[C@H]1CCCC[C@H]1NC(=O)COC(=O)Cc1ccccc1[N+](=O)[O-]. The third kappa shape index (κ3) is 5.04. The lowest BCUT2D eigenvalue weighted by Crippen LogP contribution is -2.43. The van der Waals surface area contributed by atoms with Crippen LogP contribution in [0.1, 0.15) is 38.2 Å². The third-order valence-corrected chi connectivity index (χ3v) is 4.35. The number of nitrogens with zero attached hydrogens (tertiary/aromatic N) is 1. The molecule has 2 rings (SSSR count). The molecule has 1 aliphatic carbocycles. The third-order valence-electron chi connectivity index (χ3n) is 4.35. The lowest BCUT2D eigenvalue weighted by Gasteiger charge is -2.29. The second-order valence-corrected chi connectivity index (χ2v) is 6.16. The molecule has 1 aromatic rings. The molecule has 1 aromatic carbocycles. The van der Waals surface area contributed by atoms with Crippen molar-refractivity contribution < 1.29 is 19.2 Å². The second kappa shape index (κ2) is 8.42. The van der Waals surface area contributed by atoms with E-state index < -0.39 is 10.9 Å². The first-order chi connectivity index (χ1) is 11.5. The van der Waals surface area contributed by atoms with E-state index in [1.807, 2.05) is 0 Å². The van der Waals surface area contributed by atoms with Gasteiger partial charge in [0.1, 0.15) is 0 Å². The van der Waals surface area contributed by atoms with Crippen molar-refractivity contribution in [3.05, 3.63) is 39.9 Å². The number of benzene rings is 1. The molecule has 0 heterocycles. The van der Waals surface area contributed by atoms with Crippen LogP contribution < -0.4 is 5.32 Å². The number of amides is 1. The first-order valence-electron chi connectivity index (χ1n) is 8.14. The van der Waals surface area contributed by atoms with Gasteiger partial charge < -0.3 is 10.1 Å². The Morgan fingerprint density at radius 2 is 2.00 bits per heavy atom. The van der Waals surface area contributed by atoms with Gasteiger partial charge in [0.05, 0.1) is 11.3 Å². The summed E-state index contributed by atoms with van der Waals surface area (Å²) in [5.74, 6) is -0.564. The summed E-state index contributed by atoms with van der Waals surface area (Å²) >= 11 is 0. The van der Waals surface area contributed by atoms with Gasteiger partial charge in [-0.25, -0.2) is 0 Å². The molecule has 130 valence electrons. The van der Waals surface area contributed by atoms with E-state index in [0.29, 0.717) is 5.92 Å². The number of nitro groups is 1. The van der Waals surface area contributed by atoms with E-state index in [2.05, 4.69) is 12.2 Å². The highest BCUT2D eigenvalue weighted by atomic mass is 16.6. The van der Waals surface area contributed by atoms with Crippen LogP contribution in [0.15, 0.2) is 24.3 Å². The maximum atomic E-state index is 11.9. The predicted molar refractivity (Wildman–Crippen MR) is 87.3 cm³/mol. The molecule has 1 fully saturated rings. The summed E-state index contributed by atoms with van der Waals surface area (Å²) in [6, 6.07) is 6.11. The van der Waals surface area contributed by atoms with Crippen molar-refractivity contribution in [1.29, 1.82) is 0 Å². The highest BCUT2D eigenvalue weighted by Gasteiger charge is 2.23. The number of hydrogen-bond acceptors (Lipinski definition) is 5. The van der Waals surface area contributed by atoms with Gasteiger partial charge in [-0.05, 0) is 18.8 Å². The molecule has 0 unspecified atom stereocenters. The van der Waals surface area contributed by atoms with Gasteiger partial charge in [-0.1, -0.05) is 38.0 Å². The van der Waals surface area contributed by atoms with Crippen LogP contribution in [0.2, 0.25) is 0 Å². The zero-order valence-electron chi connectivity index (χ0n) is 13.7. The normalized spacial score (nSPS) is 20.2. The number of para-hydroxylation sites is 1. The van der Waals surface area contributed by atoms with Crippen molar-refractivity contribution >= 4 is 17.6 Å². The zero-order chi connectivity index (χ0) is 17.5. The number of nitro benzene ring substituents is 1. The van der Waals surface area contributed by atoms with Crippen molar-refractivity contribution in [2.24, 2.45) is 5.92 Å². The summed E-state index contributed by atoms with van der Waals surface area (Å²) in [7, 11) is 0. The molecule has 0 saturated heterocycles. The molecule has 1 N–H and O–H groups in total. The fourth-order valence-corrected chi connectivity index (χ4v) is 2.97. The van der Waals surface area contributed by atoms with E-state index in [1.54, 1.807) is 6.07 Å². The first kappa shape index (κ1) is 17.9. The van der Waals surface area contributed by atoms with Gasteiger partial charge in [0, 0.05) is 17.7 Å². The standard InChI is InChI=1S/C17H22N2O5/c1-12-6-2-4-8-14(12)18-16(20)11-24-17(21)10-13-7-3-5-9-15(13)19(22)23/h3,5,7,9,12,14H,2,4,6,8,10-11H2,1H3,(H,18,20)/t12-,14+/m0/s1. The number of hydrogen-bond donors (Lipinski definition) is 1. The topological polar surface area (TPSA) is 98.5 Å². The average molecular weight is 334 g/mol. The molecule has 1 amide bonds. The van der Waals surface area contributed by atoms with Crippen LogP contribution in [0.4, 0.5) is 5.69 Å². The van der Waals surface area contributed by atoms with Crippen LogP contribution in [0, 0.1) is 16.0 Å². The predicted octanol–water partition coefficient (Wildman–Crippen LogP) is 2.38. The summed E-state index contributed by atoms with van der Waals surface area (Å²) in [6.07, 6.45) is 4.06. The van der Waals surface area contributed by atoms with Gasteiger partial charge in [-0.3, -0.25) is 19.7 Å². The van der Waals surface area contributed by atoms with Crippen LogP contribution in [0.3, 0.4) is 0 Å². The highest BCUT2D eigenvalue weighted by Crippen LogP contribution is 2.23. The van der Waals surface area contributed by atoms with E-state index in [1.165, 1.54) is 24.6 Å². The minimum Gasteiger partial charge on any atom is -0.455 e. The quantitative estimate of drug-likeness (QED) is 0.489. The van der Waals surface area contributed by atoms with Crippen LogP contribution in [0.5, 0.6) is 0 Å². The molecule has 0 radical (unpaired) electrons. The Labute approximate surface area is 140 Å². The van der Waals surface area contributed by atoms with E-state index in [9.17, 15) is 19.7 Å². The largest absolute Gasteiger partial charge is 0.455 e. The van der Waals surface area contributed by atoms with Crippen molar-refractivity contribution in [1.82, 2.24) is 5.32 Å². The summed E-state index contributed by atoms with van der Waals surface area (Å²) in [6.45, 7) is 1.74. The molecule has 0 spiro atoms. The number of carbonyl (C=O) groups is 2. The molecule has 0 aliphatic heterocycles. The Hall–Kier alpha value is -2.44. The molecular weight excluding hydrogens is 312 g/mol. The fourth-order valence-electron chi connectivity index (χ4n) is 2.97. The maximum absolute atomic E-state index is 11.9. The molecule has 24 heavy (non-hydrogen) atoms. The molecule has 0 aromatic heterocycles. The molecule has 7 nitrogen and oxygen atoms in total. The fraction of sp³-hybridized carbons (Fsp3) is 0.529. The van der Waals surface area contributed by atoms with E-state index in [0.717, 1.165) is 19.3 Å². The van der Waals surface area contributed by atoms with Crippen molar-refractivity contribution in [3.8, 4) is 0 Å². The van der Waals surface area contributed by atoms with Crippen LogP contribution in [-0.4, -0.2) is 29.4 Å². The van der Waals surface area contributed by atoms with Gasteiger partial charge in [0.2, 0.25) is 0 Å². The Kier molecular flexibility index (Phi) is 6.28. The minimum atomic E-state index is -0.656. The lowest BCUT2D eigenvalue weighted by atomic mass is 9.86. The summed E-state index contributed by atoms with van der Waals surface area (Å²) in [4.78, 5) is 34.1. The van der Waals surface area contributed by atoms with Crippen molar-refractivity contribution in [2.45, 2.75) is 45.1 Å². The number of nitrogens with one attached hydrogen (secondary N) is 1. The summed E-state index contributed by atoms with van der Waals surface area (Å²) in [5, 5.41) is 13.8. The number of ether oxygens (including phenoxy) is 1. The van der Waals surface area contributed by atoms with Crippen LogP contribution in [-0.2, 0) is 20.7 Å². The smallest absolute Gasteiger partial charge is 0.311 e. The van der Waals surface area contributed by atoms with Crippen LogP contribution in [0.25, 0.3) is 0 Å². The molecule has 1 aliphatic rings. The Morgan fingerprint density at radius 3 is 2.71 bits per heavy atom. The molecule has 7 heteroatoms. The number of rotatable bonds is 6. The first-order valence-corrected chi connectivity index (χ1v) is 8.14. The van der Waals surface area contributed by atoms with Gasteiger partial charge in [-0.15, -0.1) is 0 Å². The van der Waals surface area contributed by atoms with Crippen LogP contribution >= 0.6 is 0 Å². The highest BCUT2D eigenvalue weighted by molar-refractivity contribution is 5.81. The minimum absolute atomic E-state index is 0.125. The monoisotopic (exact) mass is 334 g/mol. The van der Waals surface area contributed by atoms with Gasteiger partial charge in [0.15, 0.2) is 6.61 Å². The molecular formula is C17H22N2O5. The van der Waals surface area contributed by atoms with Gasteiger partial charge >= 0.3 is 5.97 Å². The zero-order valence-corrected chi connectivity index (χ0v) is 13.7. The number of carbonyl (C=O) groups excluding carboxylic acids is 2. The molecule has 1 saturated carbocycles. The van der Waals surface area contributed by atoms with Crippen molar-refractivity contribution in [2.75, 3.05) is 6.61 Å². The van der Waals surface area contributed by atoms with E-state index in [-0.39, 0.29) is 36.2 Å². The van der Waals surface area contributed by atoms with Crippen molar-refractivity contribution in [3.63, 3.8) is 0 Å². The average Bonchev–Trinajstić information content (AvgIpc) is 2.55. The Morgan fingerprint density at radius 1 is 1.29 bits per heavy atom. The Balaban J connectivity index is 1.81. The Bertz CT molecular complexity index is 617. The molecule has 2 atom stereocenters.